The van der Waals surface area contributed by atoms with Crippen LogP contribution in [0.25, 0.3) is 0 Å². The van der Waals surface area contributed by atoms with E-state index >= 15 is 0 Å². The molecule has 0 spiro atoms. The summed E-state index contributed by atoms with van der Waals surface area (Å²) in [4.78, 5) is 13.7. The molecule has 0 bridgehead atoms. The molecule has 1 N–H and O–H groups in total. The second kappa shape index (κ2) is 7.08. The average Bonchev–Trinajstić information content (AvgIpc) is 2.45. The first kappa shape index (κ1) is 16.0. The molecule has 1 aliphatic rings. The van der Waals surface area contributed by atoms with Gasteiger partial charge in [-0.15, -0.1) is 0 Å². The fourth-order valence-electron chi connectivity index (χ4n) is 3.71. The summed E-state index contributed by atoms with van der Waals surface area (Å²) in [7, 11) is 2.18. The number of hydrogen-bond acceptors (Lipinski definition) is 2. The third-order valence-corrected chi connectivity index (χ3v) is 4.93. The number of carbonyl (C=O) groups is 1. The minimum absolute atomic E-state index is 0.441. The lowest BCUT2D eigenvalue weighted by Crippen LogP contribution is -2.41. The predicted molar refractivity (Wildman–Crippen MR) is 85.7 cm³/mol. The van der Waals surface area contributed by atoms with Crippen LogP contribution in [-0.2, 0) is 6.42 Å². The number of carboxylic acids is 1. The normalized spacial score (nSPS) is 26.0. The molecule has 3 heteroatoms. The van der Waals surface area contributed by atoms with Crippen molar-refractivity contribution in [2.45, 2.75) is 45.6 Å². The van der Waals surface area contributed by atoms with Crippen LogP contribution in [0, 0.1) is 11.8 Å². The zero-order valence-corrected chi connectivity index (χ0v) is 13.4. The van der Waals surface area contributed by atoms with Crippen LogP contribution in [0.3, 0.4) is 0 Å². The number of likely N-dealkylation sites (N-methyl/N-ethyl adjacent to an activating group) is 1. The lowest BCUT2D eigenvalue weighted by atomic mass is 9.79. The van der Waals surface area contributed by atoms with Crippen LogP contribution in [-0.4, -0.2) is 35.6 Å². The summed E-state index contributed by atoms with van der Waals surface area (Å²) in [5, 5.41) is 9.24. The third-order valence-electron chi connectivity index (χ3n) is 4.93. The van der Waals surface area contributed by atoms with Crippen molar-refractivity contribution >= 4 is 5.97 Å². The molecule has 0 aromatic heterocycles. The zero-order valence-electron chi connectivity index (χ0n) is 13.4. The topological polar surface area (TPSA) is 40.5 Å². The Morgan fingerprint density at radius 1 is 1.29 bits per heavy atom. The summed E-state index contributed by atoms with van der Waals surface area (Å²) in [6.45, 7) is 5.62. The Balaban J connectivity index is 1.95. The Morgan fingerprint density at radius 3 is 2.67 bits per heavy atom. The SMILES string of the molecule is CC1CCC(N(C)CCc2ccccc2C(=O)O)C(C)C1. The van der Waals surface area contributed by atoms with Gasteiger partial charge in [-0.2, -0.15) is 0 Å². The van der Waals surface area contributed by atoms with Gasteiger partial charge < -0.3 is 10.0 Å². The van der Waals surface area contributed by atoms with E-state index in [4.69, 9.17) is 0 Å². The van der Waals surface area contributed by atoms with E-state index in [9.17, 15) is 9.90 Å². The van der Waals surface area contributed by atoms with Crippen LogP contribution in [0.15, 0.2) is 24.3 Å². The van der Waals surface area contributed by atoms with Crippen molar-refractivity contribution in [1.82, 2.24) is 4.90 Å². The van der Waals surface area contributed by atoms with Gasteiger partial charge in [0.25, 0.3) is 0 Å². The average molecular weight is 289 g/mol. The van der Waals surface area contributed by atoms with Gasteiger partial charge in [-0.25, -0.2) is 4.79 Å². The first-order valence-corrected chi connectivity index (χ1v) is 8.00. The number of benzene rings is 1. The van der Waals surface area contributed by atoms with Crippen molar-refractivity contribution in [3.05, 3.63) is 35.4 Å². The van der Waals surface area contributed by atoms with Crippen molar-refractivity contribution < 1.29 is 9.90 Å². The molecular formula is C18H27NO2. The molecule has 0 aliphatic heterocycles. The highest BCUT2D eigenvalue weighted by Gasteiger charge is 2.28. The van der Waals surface area contributed by atoms with Crippen LogP contribution < -0.4 is 0 Å². The first-order chi connectivity index (χ1) is 9.99. The molecule has 0 saturated heterocycles. The second-order valence-corrected chi connectivity index (χ2v) is 6.66. The van der Waals surface area contributed by atoms with Gasteiger partial charge in [-0.05, 0) is 56.2 Å². The highest BCUT2D eigenvalue weighted by atomic mass is 16.4. The van der Waals surface area contributed by atoms with Crippen LogP contribution in [0.5, 0.6) is 0 Å². The van der Waals surface area contributed by atoms with Gasteiger partial charge in [-0.3, -0.25) is 0 Å². The Morgan fingerprint density at radius 2 is 2.00 bits per heavy atom. The highest BCUT2D eigenvalue weighted by molar-refractivity contribution is 5.89. The third kappa shape index (κ3) is 4.07. The minimum Gasteiger partial charge on any atom is -0.478 e. The summed E-state index contributed by atoms with van der Waals surface area (Å²) in [6.07, 6.45) is 4.68. The lowest BCUT2D eigenvalue weighted by Gasteiger charge is -2.38. The quantitative estimate of drug-likeness (QED) is 0.899. The molecule has 1 aliphatic carbocycles. The number of nitrogens with zero attached hydrogens (tertiary/aromatic N) is 1. The molecule has 116 valence electrons. The van der Waals surface area contributed by atoms with E-state index in [1.807, 2.05) is 12.1 Å². The number of hydrogen-bond donors (Lipinski definition) is 1. The van der Waals surface area contributed by atoms with E-state index in [0.29, 0.717) is 11.6 Å². The number of rotatable bonds is 5. The fraction of sp³-hybridized carbons (Fsp3) is 0.611. The summed E-state index contributed by atoms with van der Waals surface area (Å²) < 4.78 is 0. The monoisotopic (exact) mass is 289 g/mol. The molecule has 1 fully saturated rings. The van der Waals surface area contributed by atoms with Crippen LogP contribution in [0.1, 0.15) is 49.0 Å². The van der Waals surface area contributed by atoms with Gasteiger partial charge in [-0.1, -0.05) is 32.0 Å². The minimum atomic E-state index is -0.826. The molecule has 3 nitrogen and oxygen atoms in total. The molecule has 3 atom stereocenters. The molecule has 2 rings (SSSR count). The maximum absolute atomic E-state index is 11.2. The van der Waals surface area contributed by atoms with Crippen molar-refractivity contribution in [2.24, 2.45) is 11.8 Å². The van der Waals surface area contributed by atoms with E-state index in [1.54, 1.807) is 12.1 Å². The fourth-order valence-corrected chi connectivity index (χ4v) is 3.71. The highest BCUT2D eigenvalue weighted by Crippen LogP contribution is 2.31. The van der Waals surface area contributed by atoms with Crippen molar-refractivity contribution in [3.8, 4) is 0 Å². The Kier molecular flexibility index (Phi) is 5.40. The van der Waals surface area contributed by atoms with Gasteiger partial charge in [0.15, 0.2) is 0 Å². The first-order valence-electron chi connectivity index (χ1n) is 8.00. The Hall–Kier alpha value is -1.35. The second-order valence-electron chi connectivity index (χ2n) is 6.66. The molecule has 0 heterocycles. The smallest absolute Gasteiger partial charge is 0.335 e. The molecular weight excluding hydrogens is 262 g/mol. The Labute approximate surface area is 128 Å². The number of carboxylic acid groups (broad SMARTS) is 1. The maximum Gasteiger partial charge on any atom is 0.335 e. The molecule has 1 aromatic rings. The molecule has 1 aromatic carbocycles. The summed E-state index contributed by atoms with van der Waals surface area (Å²) in [6, 6.07) is 7.98. The largest absolute Gasteiger partial charge is 0.478 e. The Bertz CT molecular complexity index is 486. The van der Waals surface area contributed by atoms with E-state index in [-0.39, 0.29) is 0 Å². The molecule has 0 radical (unpaired) electrons. The van der Waals surface area contributed by atoms with Gasteiger partial charge in [0.05, 0.1) is 5.56 Å². The molecule has 1 saturated carbocycles. The summed E-state index contributed by atoms with van der Waals surface area (Å²) >= 11 is 0. The van der Waals surface area contributed by atoms with E-state index in [1.165, 1.54) is 19.3 Å². The predicted octanol–water partition coefficient (Wildman–Crippen LogP) is 3.68. The summed E-state index contributed by atoms with van der Waals surface area (Å²) in [5.74, 6) is 0.749. The van der Waals surface area contributed by atoms with Gasteiger partial charge in [0.1, 0.15) is 0 Å². The van der Waals surface area contributed by atoms with E-state index < -0.39 is 5.97 Å². The van der Waals surface area contributed by atoms with Gasteiger partial charge in [0.2, 0.25) is 0 Å². The van der Waals surface area contributed by atoms with Gasteiger partial charge in [0, 0.05) is 12.6 Å². The van der Waals surface area contributed by atoms with Crippen LogP contribution >= 0.6 is 0 Å². The molecule has 3 unspecified atom stereocenters. The van der Waals surface area contributed by atoms with E-state index in [0.717, 1.165) is 30.4 Å². The molecule has 21 heavy (non-hydrogen) atoms. The van der Waals surface area contributed by atoms with Crippen molar-refractivity contribution in [2.75, 3.05) is 13.6 Å². The van der Waals surface area contributed by atoms with E-state index in [2.05, 4.69) is 25.8 Å². The van der Waals surface area contributed by atoms with Crippen molar-refractivity contribution in [1.29, 1.82) is 0 Å². The van der Waals surface area contributed by atoms with Gasteiger partial charge >= 0.3 is 5.97 Å². The summed E-state index contributed by atoms with van der Waals surface area (Å²) in [5.41, 5.74) is 1.38. The standard InChI is InChI=1S/C18H27NO2/c1-13-8-9-17(14(2)12-13)19(3)11-10-15-6-4-5-7-16(15)18(20)21/h4-7,13-14,17H,8-12H2,1-3H3,(H,20,21). The van der Waals surface area contributed by atoms with Crippen molar-refractivity contribution in [3.63, 3.8) is 0 Å². The van der Waals surface area contributed by atoms with Crippen LogP contribution in [0.4, 0.5) is 0 Å². The lowest BCUT2D eigenvalue weighted by molar-refractivity contribution is 0.0695. The number of aromatic carboxylic acids is 1. The molecule has 0 amide bonds. The van der Waals surface area contributed by atoms with Crippen LogP contribution in [0.2, 0.25) is 0 Å². The maximum atomic E-state index is 11.2. The zero-order chi connectivity index (χ0) is 15.4.